The van der Waals surface area contributed by atoms with Gasteiger partial charge >= 0.3 is 5.69 Å². The lowest BCUT2D eigenvalue weighted by Crippen LogP contribution is -2.30. The van der Waals surface area contributed by atoms with E-state index in [1.807, 2.05) is 0 Å². The first-order valence-corrected chi connectivity index (χ1v) is 2.99. The summed E-state index contributed by atoms with van der Waals surface area (Å²) in [7, 11) is 0. The molecule has 1 N–H and O–H groups in total. The molecule has 1 heterocycles. The molecule has 0 spiro atoms. The summed E-state index contributed by atoms with van der Waals surface area (Å²) >= 11 is 0. The van der Waals surface area contributed by atoms with Crippen LogP contribution in [0.4, 0.5) is 0 Å². The third-order valence-electron chi connectivity index (χ3n) is 1.08. The minimum absolute atomic E-state index is 0.414. The molecule has 4 heteroatoms. The maximum absolute atomic E-state index is 10.9. The Morgan fingerprint density at radius 1 is 1.55 bits per heavy atom. The number of nitrogens with zero attached hydrogens (tertiary/aromatic N) is 1. The van der Waals surface area contributed by atoms with Gasteiger partial charge in [-0.25, -0.2) is 4.79 Å². The van der Waals surface area contributed by atoms with Crippen LogP contribution in [0.5, 0.6) is 0 Å². The van der Waals surface area contributed by atoms with E-state index in [0.717, 1.165) is 4.57 Å². The molecule has 56 valence electrons. The van der Waals surface area contributed by atoms with E-state index < -0.39 is 11.2 Å². The van der Waals surface area contributed by atoms with Crippen LogP contribution in [0.3, 0.4) is 0 Å². The van der Waals surface area contributed by atoms with Gasteiger partial charge in [0.2, 0.25) is 0 Å². The Hall–Kier alpha value is -1.76. The van der Waals surface area contributed by atoms with Crippen LogP contribution < -0.4 is 11.2 Å². The number of nitrogens with one attached hydrogen (secondary N) is 1. The van der Waals surface area contributed by atoms with Gasteiger partial charge in [-0.15, -0.1) is 0 Å². The van der Waals surface area contributed by atoms with Gasteiger partial charge in [0.15, 0.2) is 0 Å². The van der Waals surface area contributed by atoms with Crippen LogP contribution >= 0.6 is 0 Å². The average molecular weight is 150 g/mol. The van der Waals surface area contributed by atoms with E-state index in [2.05, 4.69) is 16.9 Å². The summed E-state index contributed by atoms with van der Waals surface area (Å²) in [5, 5.41) is 0. The smallest absolute Gasteiger partial charge is 0.313 e. The van der Waals surface area contributed by atoms with E-state index in [-0.39, 0.29) is 0 Å². The Morgan fingerprint density at radius 2 is 2.27 bits per heavy atom. The fourth-order valence-electron chi connectivity index (χ4n) is 0.641. The van der Waals surface area contributed by atoms with E-state index in [1.165, 1.54) is 12.3 Å². The van der Waals surface area contributed by atoms with Crippen LogP contribution in [0.15, 0.2) is 21.9 Å². The molecule has 0 amide bonds. The van der Waals surface area contributed by atoms with Gasteiger partial charge in [0.25, 0.3) is 5.56 Å². The second-order valence-electron chi connectivity index (χ2n) is 1.82. The second-order valence-corrected chi connectivity index (χ2v) is 1.82. The molecule has 0 aliphatic carbocycles. The van der Waals surface area contributed by atoms with E-state index >= 15 is 0 Å². The number of aromatic amines is 1. The predicted molar refractivity (Wildman–Crippen MR) is 40.2 cm³/mol. The zero-order chi connectivity index (χ0) is 8.27. The van der Waals surface area contributed by atoms with Gasteiger partial charge in [0, 0.05) is 18.3 Å². The highest BCUT2D eigenvalue weighted by atomic mass is 16.2. The zero-order valence-corrected chi connectivity index (χ0v) is 5.92. The topological polar surface area (TPSA) is 54.9 Å². The standard InChI is InChI=1S/C7H6N2O2/c1-2-5-9-6(10)3-4-8-7(9)11/h3-4H,1H3,(H,8,11). The third-order valence-corrected chi connectivity index (χ3v) is 1.08. The number of aromatic nitrogens is 2. The van der Waals surface area contributed by atoms with Gasteiger partial charge in [-0.1, -0.05) is 5.92 Å². The molecule has 0 aliphatic heterocycles. The Balaban J connectivity index is 3.54. The zero-order valence-electron chi connectivity index (χ0n) is 5.92. The Labute approximate surface area is 62.5 Å². The molecule has 1 aromatic rings. The first-order valence-electron chi connectivity index (χ1n) is 2.99. The quantitative estimate of drug-likeness (QED) is 0.500. The van der Waals surface area contributed by atoms with Crippen molar-refractivity contribution in [1.29, 1.82) is 0 Å². The highest BCUT2D eigenvalue weighted by Gasteiger charge is 1.92. The van der Waals surface area contributed by atoms with Gasteiger partial charge in [0.1, 0.15) is 0 Å². The summed E-state index contributed by atoms with van der Waals surface area (Å²) in [6.07, 6.45) is 1.29. The van der Waals surface area contributed by atoms with Crippen molar-refractivity contribution < 1.29 is 0 Å². The largest absolute Gasteiger partial charge is 0.340 e. The van der Waals surface area contributed by atoms with Crippen LogP contribution in [-0.2, 0) is 0 Å². The lowest BCUT2D eigenvalue weighted by atomic mass is 10.6. The Kier molecular flexibility index (Phi) is 1.93. The van der Waals surface area contributed by atoms with Crippen molar-refractivity contribution in [3.05, 3.63) is 33.1 Å². The first kappa shape index (κ1) is 7.35. The maximum Gasteiger partial charge on any atom is 0.340 e. The third kappa shape index (κ3) is 1.38. The molecule has 0 radical (unpaired) electrons. The fraction of sp³-hybridized carbons (Fsp3) is 0.143. The molecule has 11 heavy (non-hydrogen) atoms. The summed E-state index contributed by atoms with van der Waals surface area (Å²) in [4.78, 5) is 24.0. The van der Waals surface area contributed by atoms with Crippen molar-refractivity contribution in [3.63, 3.8) is 0 Å². The molecular weight excluding hydrogens is 144 g/mol. The molecule has 1 aromatic heterocycles. The molecular formula is C7H6N2O2. The second kappa shape index (κ2) is 2.88. The monoisotopic (exact) mass is 150 g/mol. The normalized spacial score (nSPS) is 8.45. The van der Waals surface area contributed by atoms with E-state index in [0.29, 0.717) is 0 Å². The van der Waals surface area contributed by atoms with Crippen molar-refractivity contribution in [2.24, 2.45) is 0 Å². The first-order chi connectivity index (χ1) is 5.25. The van der Waals surface area contributed by atoms with Crippen LogP contribution in [-0.4, -0.2) is 9.55 Å². The fourth-order valence-corrected chi connectivity index (χ4v) is 0.641. The molecule has 0 aromatic carbocycles. The summed E-state index contributed by atoms with van der Waals surface area (Å²) < 4.78 is 0.819. The molecule has 1 rings (SSSR count). The number of H-pyrrole nitrogens is 1. The highest BCUT2D eigenvalue weighted by Crippen LogP contribution is 1.62. The average Bonchev–Trinajstić information content (AvgIpc) is 1.97. The minimum Gasteiger partial charge on any atom is -0.313 e. The highest BCUT2D eigenvalue weighted by molar-refractivity contribution is 5.01. The van der Waals surface area contributed by atoms with Crippen LogP contribution in [0.2, 0.25) is 0 Å². The number of hydrogen-bond acceptors (Lipinski definition) is 2. The van der Waals surface area contributed by atoms with Crippen molar-refractivity contribution >= 4 is 0 Å². The van der Waals surface area contributed by atoms with Crippen LogP contribution in [0.25, 0.3) is 0 Å². The lowest BCUT2D eigenvalue weighted by Gasteiger charge is -1.88. The summed E-state index contributed by atoms with van der Waals surface area (Å²) in [5.41, 5.74) is -0.921. The molecule has 4 nitrogen and oxygen atoms in total. The summed E-state index contributed by atoms with van der Waals surface area (Å²) in [6, 6.07) is 3.60. The number of hydrogen-bond donors (Lipinski definition) is 1. The van der Waals surface area contributed by atoms with Crippen LogP contribution in [0, 0.1) is 12.0 Å². The molecule has 0 fully saturated rings. The molecule has 0 saturated heterocycles. The van der Waals surface area contributed by atoms with Crippen molar-refractivity contribution in [2.75, 3.05) is 0 Å². The van der Waals surface area contributed by atoms with E-state index in [1.54, 1.807) is 6.92 Å². The lowest BCUT2D eigenvalue weighted by molar-refractivity contribution is 0.905. The van der Waals surface area contributed by atoms with Crippen LogP contribution in [0.1, 0.15) is 6.92 Å². The minimum atomic E-state index is -0.508. The van der Waals surface area contributed by atoms with Crippen molar-refractivity contribution in [2.45, 2.75) is 6.92 Å². The molecule has 0 unspecified atom stereocenters. The van der Waals surface area contributed by atoms with Gasteiger partial charge in [-0.2, -0.15) is 4.57 Å². The van der Waals surface area contributed by atoms with E-state index in [9.17, 15) is 9.59 Å². The van der Waals surface area contributed by atoms with Gasteiger partial charge < -0.3 is 4.98 Å². The van der Waals surface area contributed by atoms with Crippen molar-refractivity contribution in [1.82, 2.24) is 9.55 Å². The van der Waals surface area contributed by atoms with Gasteiger partial charge in [0.05, 0.1) is 0 Å². The Bertz CT molecular complexity index is 388. The summed E-state index contributed by atoms with van der Waals surface area (Å²) in [5.74, 6) is 2.46. The molecule has 0 aliphatic rings. The van der Waals surface area contributed by atoms with Gasteiger partial charge in [-0.05, 0) is 6.92 Å². The molecule has 0 atom stereocenters. The molecule has 0 bridgehead atoms. The number of rotatable bonds is 0. The van der Waals surface area contributed by atoms with E-state index in [4.69, 9.17) is 0 Å². The molecule has 0 saturated carbocycles. The predicted octanol–water partition coefficient (Wildman–Crippen LogP) is -0.635. The van der Waals surface area contributed by atoms with Crippen molar-refractivity contribution in [3.8, 4) is 12.0 Å². The van der Waals surface area contributed by atoms with Gasteiger partial charge in [-0.3, -0.25) is 4.79 Å². The SMILES string of the molecule is CC#Cn1c(=O)cc[nH]c1=O. The summed E-state index contributed by atoms with van der Waals surface area (Å²) in [6.45, 7) is 1.55. The Morgan fingerprint density at radius 3 is 2.82 bits per heavy atom. The maximum atomic E-state index is 10.9.